The lowest BCUT2D eigenvalue weighted by atomic mass is 9.95. The molecule has 1 aromatic rings. The fraction of sp³-hybridized carbons (Fsp3) is 0.286. The molecule has 0 aliphatic heterocycles. The minimum absolute atomic E-state index is 0.404. The third kappa shape index (κ3) is 5.30. The van der Waals surface area contributed by atoms with E-state index in [0.29, 0.717) is 6.42 Å². The molecule has 18 heavy (non-hydrogen) atoms. The van der Waals surface area contributed by atoms with Crippen LogP contribution in [-0.4, -0.2) is 22.5 Å². The summed E-state index contributed by atoms with van der Waals surface area (Å²) in [5.74, 6) is -1.54. The standard InChI is InChI=1S/C14H17NO3/c1-14(2,10-11-6-4-3-5-7-11)15-12(16)8-9-13(17)18/h3-9H,10H2,1-2H3,(H,15,16)(H,17,18)/b9-8+. The molecule has 96 valence electrons. The van der Waals surface area contributed by atoms with Crippen LogP contribution >= 0.6 is 0 Å². The van der Waals surface area contributed by atoms with Crippen LogP contribution in [0.4, 0.5) is 0 Å². The summed E-state index contributed by atoms with van der Waals surface area (Å²) in [6, 6.07) is 9.79. The SMILES string of the molecule is CC(C)(Cc1ccccc1)NC(=O)/C=C/C(=O)O. The second-order valence-electron chi connectivity index (χ2n) is 4.71. The van der Waals surface area contributed by atoms with Gasteiger partial charge in [-0.15, -0.1) is 0 Å². The summed E-state index contributed by atoms with van der Waals surface area (Å²) >= 11 is 0. The Morgan fingerprint density at radius 1 is 1.22 bits per heavy atom. The lowest BCUT2D eigenvalue weighted by Crippen LogP contribution is -2.44. The molecule has 0 saturated heterocycles. The van der Waals surface area contributed by atoms with E-state index in [1.165, 1.54) is 0 Å². The number of carbonyl (C=O) groups excluding carboxylic acids is 1. The van der Waals surface area contributed by atoms with E-state index in [9.17, 15) is 9.59 Å². The van der Waals surface area contributed by atoms with E-state index < -0.39 is 17.4 Å². The summed E-state index contributed by atoms with van der Waals surface area (Å²) in [5.41, 5.74) is 0.686. The Balaban J connectivity index is 2.59. The molecule has 1 amide bonds. The van der Waals surface area contributed by atoms with Gasteiger partial charge in [0.25, 0.3) is 0 Å². The zero-order valence-electron chi connectivity index (χ0n) is 10.5. The van der Waals surface area contributed by atoms with Gasteiger partial charge in [0.1, 0.15) is 0 Å². The van der Waals surface area contributed by atoms with Gasteiger partial charge in [-0.1, -0.05) is 30.3 Å². The molecular weight excluding hydrogens is 230 g/mol. The van der Waals surface area contributed by atoms with Crippen molar-refractivity contribution >= 4 is 11.9 Å². The molecule has 0 spiro atoms. The molecule has 0 unspecified atom stereocenters. The van der Waals surface area contributed by atoms with Crippen LogP contribution in [0.3, 0.4) is 0 Å². The third-order valence-corrected chi connectivity index (χ3v) is 2.33. The number of nitrogens with one attached hydrogen (secondary N) is 1. The summed E-state index contributed by atoms with van der Waals surface area (Å²) in [6.07, 6.45) is 2.53. The largest absolute Gasteiger partial charge is 0.478 e. The minimum Gasteiger partial charge on any atom is -0.478 e. The maximum Gasteiger partial charge on any atom is 0.328 e. The van der Waals surface area contributed by atoms with Crippen molar-refractivity contribution in [2.75, 3.05) is 0 Å². The fourth-order valence-corrected chi connectivity index (χ4v) is 1.67. The van der Waals surface area contributed by atoms with Gasteiger partial charge >= 0.3 is 5.97 Å². The van der Waals surface area contributed by atoms with Gasteiger partial charge in [-0.25, -0.2) is 4.79 Å². The second kappa shape index (κ2) is 6.00. The maximum atomic E-state index is 11.5. The first-order chi connectivity index (χ1) is 8.39. The monoisotopic (exact) mass is 247 g/mol. The van der Waals surface area contributed by atoms with E-state index in [2.05, 4.69) is 5.32 Å². The first-order valence-corrected chi connectivity index (χ1v) is 5.66. The number of carboxylic acids is 1. The number of aliphatic carboxylic acids is 1. The normalized spacial score (nSPS) is 11.4. The highest BCUT2D eigenvalue weighted by Crippen LogP contribution is 2.12. The Kier molecular flexibility index (Phi) is 4.66. The van der Waals surface area contributed by atoms with Crippen LogP contribution in [0.1, 0.15) is 19.4 Å². The van der Waals surface area contributed by atoms with Crippen molar-refractivity contribution in [3.63, 3.8) is 0 Å². The molecule has 4 heteroatoms. The summed E-state index contributed by atoms with van der Waals surface area (Å²) in [6.45, 7) is 3.79. The topological polar surface area (TPSA) is 66.4 Å². The number of carboxylic acid groups (broad SMARTS) is 1. The molecule has 0 radical (unpaired) electrons. The Morgan fingerprint density at radius 2 is 1.83 bits per heavy atom. The molecule has 1 aromatic carbocycles. The lowest BCUT2D eigenvalue weighted by Gasteiger charge is -2.25. The summed E-state index contributed by atoms with van der Waals surface area (Å²) in [5, 5.41) is 11.2. The van der Waals surface area contributed by atoms with Gasteiger partial charge in [0.2, 0.25) is 5.91 Å². The molecule has 0 bridgehead atoms. The first kappa shape index (κ1) is 14.0. The second-order valence-corrected chi connectivity index (χ2v) is 4.71. The van der Waals surface area contributed by atoms with Gasteiger partial charge < -0.3 is 10.4 Å². The van der Waals surface area contributed by atoms with Crippen molar-refractivity contribution in [2.24, 2.45) is 0 Å². The van der Waals surface area contributed by atoms with Crippen molar-refractivity contribution in [2.45, 2.75) is 25.8 Å². The predicted molar refractivity (Wildman–Crippen MR) is 69.1 cm³/mol. The van der Waals surface area contributed by atoms with Crippen molar-refractivity contribution in [3.05, 3.63) is 48.0 Å². The molecule has 0 saturated carbocycles. The lowest BCUT2D eigenvalue weighted by molar-refractivity contribution is -0.131. The molecule has 4 nitrogen and oxygen atoms in total. The van der Waals surface area contributed by atoms with Crippen molar-refractivity contribution in [1.29, 1.82) is 0 Å². The summed E-state index contributed by atoms with van der Waals surface area (Å²) in [4.78, 5) is 21.8. The minimum atomic E-state index is -1.13. The van der Waals surface area contributed by atoms with E-state index in [0.717, 1.165) is 17.7 Å². The first-order valence-electron chi connectivity index (χ1n) is 5.66. The Hall–Kier alpha value is -2.10. The van der Waals surface area contributed by atoms with Crippen LogP contribution in [0.15, 0.2) is 42.5 Å². The summed E-state index contributed by atoms with van der Waals surface area (Å²) in [7, 11) is 0. The zero-order valence-corrected chi connectivity index (χ0v) is 10.5. The molecule has 0 fully saturated rings. The number of rotatable bonds is 5. The molecule has 0 aromatic heterocycles. The van der Waals surface area contributed by atoms with Crippen LogP contribution in [0.2, 0.25) is 0 Å². The highest BCUT2D eigenvalue weighted by Gasteiger charge is 2.19. The van der Waals surface area contributed by atoms with Gasteiger partial charge in [0, 0.05) is 17.7 Å². The van der Waals surface area contributed by atoms with E-state index in [4.69, 9.17) is 5.11 Å². The van der Waals surface area contributed by atoms with Crippen LogP contribution in [-0.2, 0) is 16.0 Å². The maximum absolute atomic E-state index is 11.5. The molecule has 2 N–H and O–H groups in total. The van der Waals surface area contributed by atoms with E-state index in [1.807, 2.05) is 44.2 Å². The molecular formula is C14H17NO3. The highest BCUT2D eigenvalue weighted by molar-refractivity contribution is 5.94. The molecule has 0 aliphatic carbocycles. The number of hydrogen-bond acceptors (Lipinski definition) is 2. The smallest absolute Gasteiger partial charge is 0.328 e. The fourth-order valence-electron chi connectivity index (χ4n) is 1.67. The van der Waals surface area contributed by atoms with E-state index in [-0.39, 0.29) is 0 Å². The van der Waals surface area contributed by atoms with Crippen molar-refractivity contribution in [3.8, 4) is 0 Å². The van der Waals surface area contributed by atoms with Gasteiger partial charge in [0.05, 0.1) is 0 Å². The quantitative estimate of drug-likeness (QED) is 0.779. The van der Waals surface area contributed by atoms with Gasteiger partial charge in [-0.2, -0.15) is 0 Å². The van der Waals surface area contributed by atoms with E-state index in [1.54, 1.807) is 0 Å². The molecule has 1 rings (SSSR count). The predicted octanol–water partition coefficient (Wildman–Crippen LogP) is 1.76. The Morgan fingerprint density at radius 3 is 2.39 bits per heavy atom. The van der Waals surface area contributed by atoms with Crippen molar-refractivity contribution in [1.82, 2.24) is 5.32 Å². The van der Waals surface area contributed by atoms with Gasteiger partial charge in [-0.3, -0.25) is 4.79 Å². The van der Waals surface area contributed by atoms with Crippen LogP contribution < -0.4 is 5.32 Å². The van der Waals surface area contributed by atoms with Gasteiger partial charge in [0.15, 0.2) is 0 Å². The van der Waals surface area contributed by atoms with Gasteiger partial charge in [-0.05, 0) is 25.8 Å². The van der Waals surface area contributed by atoms with Crippen LogP contribution in [0.25, 0.3) is 0 Å². The van der Waals surface area contributed by atoms with Crippen LogP contribution in [0, 0.1) is 0 Å². The Labute approximate surface area is 106 Å². The highest BCUT2D eigenvalue weighted by atomic mass is 16.4. The van der Waals surface area contributed by atoms with Crippen LogP contribution in [0.5, 0.6) is 0 Å². The Bertz CT molecular complexity index is 449. The summed E-state index contributed by atoms with van der Waals surface area (Å²) < 4.78 is 0. The number of carbonyl (C=O) groups is 2. The number of benzene rings is 1. The molecule has 0 atom stereocenters. The molecule has 0 heterocycles. The number of amides is 1. The molecule has 0 aliphatic rings. The zero-order chi connectivity index (χ0) is 13.6. The average molecular weight is 247 g/mol. The number of hydrogen-bond donors (Lipinski definition) is 2. The average Bonchev–Trinajstić information content (AvgIpc) is 2.26. The third-order valence-electron chi connectivity index (χ3n) is 2.33. The van der Waals surface area contributed by atoms with E-state index >= 15 is 0 Å². The van der Waals surface area contributed by atoms with Crippen molar-refractivity contribution < 1.29 is 14.7 Å².